The van der Waals surface area contributed by atoms with E-state index >= 15 is 0 Å². The van der Waals surface area contributed by atoms with E-state index in [1.807, 2.05) is 0 Å². The summed E-state index contributed by atoms with van der Waals surface area (Å²) in [4.78, 5) is 0. The first-order valence-electron chi connectivity index (χ1n) is 2.19. The Morgan fingerprint density at radius 2 is 2.50 bits per heavy atom. The highest BCUT2D eigenvalue weighted by Crippen LogP contribution is 1.79. The molecule has 0 aromatic carbocycles. The zero-order valence-corrected chi connectivity index (χ0v) is 4.72. The van der Waals surface area contributed by atoms with Gasteiger partial charge in [0.25, 0.3) is 0 Å². The molecule has 4 nitrogen and oxygen atoms in total. The zero-order valence-electron chi connectivity index (χ0n) is 4.72. The predicted molar refractivity (Wildman–Crippen MR) is 29.8 cm³/mol. The van der Waals surface area contributed by atoms with E-state index in [1.54, 1.807) is 0 Å². The number of hydrogen-bond donors (Lipinski definition) is 3. The van der Waals surface area contributed by atoms with E-state index in [4.69, 9.17) is 16.2 Å². The van der Waals surface area contributed by atoms with Gasteiger partial charge in [-0.3, -0.25) is 5.41 Å². The highest BCUT2D eigenvalue weighted by atomic mass is 16.5. The topological polar surface area (TPSA) is 79.3 Å². The van der Waals surface area contributed by atoms with Gasteiger partial charge >= 0.3 is 0 Å². The van der Waals surface area contributed by atoms with E-state index in [-0.39, 0.29) is 12.4 Å². The smallest absolute Gasteiger partial charge is 0.134 e. The molecule has 0 amide bonds. The van der Waals surface area contributed by atoms with Gasteiger partial charge in [0.05, 0.1) is 6.61 Å². The Kier molecular flexibility index (Phi) is 3.14. The van der Waals surface area contributed by atoms with Crippen LogP contribution in [0.1, 0.15) is 0 Å². The van der Waals surface area contributed by atoms with Gasteiger partial charge in [0.2, 0.25) is 0 Å². The second-order valence-electron chi connectivity index (χ2n) is 1.43. The maximum atomic E-state index is 8.65. The second-order valence-corrected chi connectivity index (χ2v) is 1.43. The summed E-state index contributed by atoms with van der Waals surface area (Å²) in [6, 6.07) is 0. The SMILES string of the molecule is COCC(O)C(=N)N. The van der Waals surface area contributed by atoms with Gasteiger partial charge in [-0.25, -0.2) is 0 Å². The Morgan fingerprint density at radius 1 is 2.00 bits per heavy atom. The summed E-state index contributed by atoms with van der Waals surface area (Å²) in [5.41, 5.74) is 4.88. The van der Waals surface area contributed by atoms with Crippen molar-refractivity contribution in [1.82, 2.24) is 0 Å². The van der Waals surface area contributed by atoms with Crippen LogP contribution in [0.5, 0.6) is 0 Å². The van der Waals surface area contributed by atoms with Crippen LogP contribution in [-0.2, 0) is 4.74 Å². The van der Waals surface area contributed by atoms with Gasteiger partial charge in [0.15, 0.2) is 0 Å². The van der Waals surface area contributed by atoms with E-state index < -0.39 is 6.10 Å². The first-order chi connectivity index (χ1) is 3.68. The lowest BCUT2D eigenvalue weighted by Crippen LogP contribution is -2.31. The van der Waals surface area contributed by atoms with E-state index in [0.717, 1.165) is 0 Å². The van der Waals surface area contributed by atoms with Gasteiger partial charge in [0, 0.05) is 7.11 Å². The number of amidine groups is 1. The summed E-state index contributed by atoms with van der Waals surface area (Å²) in [5, 5.41) is 15.3. The number of rotatable bonds is 3. The lowest BCUT2D eigenvalue weighted by Gasteiger charge is -2.04. The third-order valence-electron chi connectivity index (χ3n) is 0.684. The van der Waals surface area contributed by atoms with E-state index in [2.05, 4.69) is 4.74 Å². The first kappa shape index (κ1) is 7.39. The van der Waals surface area contributed by atoms with Crippen molar-refractivity contribution in [2.75, 3.05) is 13.7 Å². The number of nitrogens with two attached hydrogens (primary N) is 1. The number of hydrogen-bond acceptors (Lipinski definition) is 3. The average molecular weight is 118 g/mol. The summed E-state index contributed by atoms with van der Waals surface area (Å²) < 4.78 is 4.49. The molecule has 1 atom stereocenters. The molecule has 0 aliphatic heterocycles. The molecular formula is C4H10N2O2. The van der Waals surface area contributed by atoms with Crippen molar-refractivity contribution in [3.8, 4) is 0 Å². The van der Waals surface area contributed by atoms with E-state index in [1.165, 1.54) is 7.11 Å². The Bertz CT molecular complexity index is 84.1. The second kappa shape index (κ2) is 3.40. The van der Waals surface area contributed by atoms with Crippen molar-refractivity contribution in [2.45, 2.75) is 6.10 Å². The molecule has 4 heteroatoms. The highest BCUT2D eigenvalue weighted by Gasteiger charge is 2.03. The molecule has 0 radical (unpaired) electrons. The third-order valence-corrected chi connectivity index (χ3v) is 0.684. The predicted octanol–water partition coefficient (Wildman–Crippen LogP) is -1.07. The number of nitrogens with one attached hydrogen (secondary N) is 1. The van der Waals surface area contributed by atoms with Crippen LogP contribution in [0.15, 0.2) is 0 Å². The molecular weight excluding hydrogens is 108 g/mol. The van der Waals surface area contributed by atoms with Crippen molar-refractivity contribution >= 4 is 5.84 Å². The molecule has 48 valence electrons. The summed E-state index contributed by atoms with van der Waals surface area (Å²) >= 11 is 0. The Hall–Kier alpha value is -0.610. The monoisotopic (exact) mass is 118 g/mol. The molecule has 0 heterocycles. The molecule has 0 aliphatic carbocycles. The number of aliphatic hydroxyl groups excluding tert-OH is 1. The van der Waals surface area contributed by atoms with Gasteiger partial charge in [-0.1, -0.05) is 0 Å². The fourth-order valence-electron chi connectivity index (χ4n) is 0.248. The van der Waals surface area contributed by atoms with Crippen molar-refractivity contribution in [3.05, 3.63) is 0 Å². The van der Waals surface area contributed by atoms with Crippen molar-refractivity contribution in [3.63, 3.8) is 0 Å². The van der Waals surface area contributed by atoms with E-state index in [0.29, 0.717) is 0 Å². The Morgan fingerprint density at radius 3 is 2.62 bits per heavy atom. The fourth-order valence-corrected chi connectivity index (χ4v) is 0.248. The van der Waals surface area contributed by atoms with Crippen LogP contribution < -0.4 is 5.73 Å². The molecule has 0 bridgehead atoms. The van der Waals surface area contributed by atoms with Crippen LogP contribution in [-0.4, -0.2) is 30.8 Å². The van der Waals surface area contributed by atoms with Crippen LogP contribution in [0.3, 0.4) is 0 Å². The fraction of sp³-hybridized carbons (Fsp3) is 0.750. The highest BCUT2D eigenvalue weighted by molar-refractivity contribution is 5.81. The van der Waals surface area contributed by atoms with E-state index in [9.17, 15) is 0 Å². The maximum absolute atomic E-state index is 8.65. The number of aliphatic hydroxyl groups is 1. The summed E-state index contributed by atoms with van der Waals surface area (Å²) in [6.45, 7) is 0.0926. The largest absolute Gasteiger partial charge is 0.385 e. The minimum atomic E-state index is -0.944. The van der Waals surface area contributed by atoms with Crippen molar-refractivity contribution in [1.29, 1.82) is 5.41 Å². The van der Waals surface area contributed by atoms with Crippen molar-refractivity contribution in [2.24, 2.45) is 5.73 Å². The summed E-state index contributed by atoms with van der Waals surface area (Å²) in [7, 11) is 1.44. The molecule has 0 aromatic rings. The molecule has 0 saturated carbocycles. The first-order valence-corrected chi connectivity index (χ1v) is 2.19. The normalized spacial score (nSPS) is 13.2. The zero-order chi connectivity index (χ0) is 6.57. The summed E-state index contributed by atoms with van der Waals surface area (Å²) in [5.74, 6) is -0.258. The van der Waals surface area contributed by atoms with Gasteiger partial charge in [-0.15, -0.1) is 0 Å². The molecule has 0 aromatic heterocycles. The van der Waals surface area contributed by atoms with Crippen LogP contribution in [0.25, 0.3) is 0 Å². The van der Waals surface area contributed by atoms with Gasteiger partial charge in [0.1, 0.15) is 11.9 Å². The maximum Gasteiger partial charge on any atom is 0.134 e. The molecule has 0 saturated heterocycles. The Balaban J connectivity index is 3.32. The quantitative estimate of drug-likeness (QED) is 0.326. The third kappa shape index (κ3) is 2.54. The number of methoxy groups -OCH3 is 1. The minimum absolute atomic E-state index is 0.0926. The lowest BCUT2D eigenvalue weighted by molar-refractivity contribution is 0.103. The minimum Gasteiger partial charge on any atom is -0.385 e. The Labute approximate surface area is 47.8 Å². The molecule has 1 unspecified atom stereocenters. The molecule has 8 heavy (non-hydrogen) atoms. The van der Waals surface area contributed by atoms with Crippen LogP contribution >= 0.6 is 0 Å². The van der Waals surface area contributed by atoms with Crippen LogP contribution in [0, 0.1) is 5.41 Å². The molecule has 4 N–H and O–H groups in total. The molecule has 0 aliphatic rings. The van der Waals surface area contributed by atoms with Gasteiger partial charge < -0.3 is 15.6 Å². The average Bonchev–Trinajstić information content (AvgIpc) is 1.67. The molecule has 0 spiro atoms. The van der Waals surface area contributed by atoms with Gasteiger partial charge in [-0.2, -0.15) is 0 Å². The molecule has 0 fully saturated rings. The van der Waals surface area contributed by atoms with Gasteiger partial charge in [-0.05, 0) is 0 Å². The molecule has 0 rings (SSSR count). The van der Waals surface area contributed by atoms with Crippen LogP contribution in [0.2, 0.25) is 0 Å². The number of ether oxygens (including phenoxy) is 1. The summed E-state index contributed by atoms with van der Waals surface area (Å²) in [6.07, 6.45) is -0.944. The van der Waals surface area contributed by atoms with Crippen LogP contribution in [0.4, 0.5) is 0 Å². The van der Waals surface area contributed by atoms with Crippen molar-refractivity contribution < 1.29 is 9.84 Å². The lowest BCUT2D eigenvalue weighted by atomic mass is 10.4. The standard InChI is InChI=1S/C4H10N2O2/c1-8-2-3(7)4(5)6/h3,7H,2H2,1H3,(H3,5,6).